The molecule has 0 saturated heterocycles. The minimum Gasteiger partial charge on any atom is -0.419 e. The highest BCUT2D eigenvalue weighted by molar-refractivity contribution is 5.85. The number of carbonyl (C=O) groups excluding carboxylic acids is 2. The van der Waals surface area contributed by atoms with Crippen LogP contribution in [0.15, 0.2) is 36.9 Å². The molecule has 2 aliphatic carbocycles. The first-order valence-corrected chi connectivity index (χ1v) is 19.1. The largest absolute Gasteiger partial charge is 0.419 e. The van der Waals surface area contributed by atoms with Crippen molar-refractivity contribution in [2.45, 2.75) is 88.5 Å². The van der Waals surface area contributed by atoms with Crippen molar-refractivity contribution in [1.82, 2.24) is 49.1 Å². The number of nitrogens with zero attached hydrogens (tertiary/aromatic N) is 10. The van der Waals surface area contributed by atoms with E-state index >= 15 is 0 Å². The van der Waals surface area contributed by atoms with Crippen LogP contribution in [0.25, 0.3) is 33.6 Å². The smallest absolute Gasteiger partial charge is 0.325 e. The number of halogens is 6. The molecule has 6 heterocycles. The van der Waals surface area contributed by atoms with Crippen LogP contribution in [-0.2, 0) is 9.59 Å². The number of hydrogen-bond donors (Lipinski definition) is 3. The molecule has 7 aromatic rings. The number of nitrogens with one attached hydrogen (secondary N) is 2. The summed E-state index contributed by atoms with van der Waals surface area (Å²) < 4.78 is 71.7. The van der Waals surface area contributed by atoms with E-state index in [2.05, 4.69) is 53.9 Å². The number of carbonyl (C=O) groups is 2. The summed E-state index contributed by atoms with van der Waals surface area (Å²) >= 11 is 0. The normalized spacial score (nSPS) is 18.6. The number of rotatable bonds is 7. The van der Waals surface area contributed by atoms with Crippen LogP contribution in [0.2, 0.25) is 0 Å². The van der Waals surface area contributed by atoms with E-state index in [1.54, 1.807) is 12.4 Å². The molecule has 6 aromatic heterocycles. The van der Waals surface area contributed by atoms with Crippen molar-refractivity contribution in [3.63, 3.8) is 0 Å². The van der Waals surface area contributed by atoms with Crippen LogP contribution >= 0.6 is 12.4 Å². The average Bonchev–Trinajstić information content (AvgIpc) is 4.08. The number of ether oxygens (including phenoxy) is 1. The fraction of sp³-hybridized carbons (Fsp3) is 0.385. The van der Waals surface area contributed by atoms with E-state index in [4.69, 9.17) is 16.3 Å². The molecule has 0 amide bonds. The number of Topliss-reactive ketones (excluding diaryl/α,β-unsaturated/α-hetero) is 1. The number of benzene rings is 1. The van der Waals surface area contributed by atoms with Gasteiger partial charge in [0, 0.05) is 36.7 Å². The Morgan fingerprint density at radius 1 is 0.705 bits per heavy atom. The Kier molecular flexibility index (Phi) is 13.8. The number of aromatic amines is 2. The van der Waals surface area contributed by atoms with Gasteiger partial charge in [0.1, 0.15) is 23.9 Å². The Bertz CT molecular complexity index is 2750. The van der Waals surface area contributed by atoms with Crippen LogP contribution in [0.5, 0.6) is 5.75 Å². The molecule has 16 nitrogen and oxygen atoms in total. The third-order valence-corrected chi connectivity index (χ3v) is 10.7. The van der Waals surface area contributed by atoms with Crippen molar-refractivity contribution in [2.24, 2.45) is 11.7 Å². The molecule has 0 aliphatic heterocycles. The van der Waals surface area contributed by atoms with E-state index in [-0.39, 0.29) is 24.6 Å². The van der Waals surface area contributed by atoms with Crippen molar-refractivity contribution < 1.29 is 36.3 Å². The number of hydrogen-bond acceptors (Lipinski definition) is 12. The lowest BCUT2D eigenvalue weighted by atomic mass is 9.79. The Morgan fingerprint density at radius 2 is 1.16 bits per heavy atom. The second-order valence-electron chi connectivity index (χ2n) is 14.6. The summed E-state index contributed by atoms with van der Waals surface area (Å²) in [5.74, 6) is -11.2. The van der Waals surface area contributed by atoms with Gasteiger partial charge in [-0.25, -0.2) is 23.1 Å². The third-order valence-electron chi connectivity index (χ3n) is 10.7. The van der Waals surface area contributed by atoms with Gasteiger partial charge in [0.2, 0.25) is 34.8 Å². The summed E-state index contributed by atoms with van der Waals surface area (Å²) in [7, 11) is 0. The van der Waals surface area contributed by atoms with Crippen LogP contribution in [0.3, 0.4) is 0 Å². The summed E-state index contributed by atoms with van der Waals surface area (Å²) in [5.41, 5.74) is 11.3. The Hall–Kier alpha value is -6.58. The molecule has 9 rings (SSSR count). The lowest BCUT2D eigenvalue weighted by Gasteiger charge is -2.27. The Balaban J connectivity index is 0.000000155. The zero-order chi connectivity index (χ0) is 42.5. The molecule has 2 aliphatic rings. The first-order valence-electron chi connectivity index (χ1n) is 19.1. The number of nitriles is 2. The molecule has 318 valence electrons. The summed E-state index contributed by atoms with van der Waals surface area (Å²) in [4.78, 5) is 37.3. The standard InChI is InChI=1S/C17H18N6O.C13H16N6.C9H2F5NO2.ClH/c18-7-5-13(24)9-11-1-3-12(4-2-11)17-22-21-15-10-20-16-14(23(15)17)6-8-19-16;14-9-3-1-8(2-4-9)13-18-17-11-7-16-12-10(19(11)13)5-6-15-12;10-4-5(11)7(13)9(8(14)6(4)12)17-3(16)1-2-15;/h6,8,10-12,19H,1-5,9H2;5-9,15H,1-4,14H2;1H2;1H. The molecule has 0 unspecified atom stereocenters. The molecule has 2 fully saturated rings. The zero-order valence-corrected chi connectivity index (χ0v) is 32.9. The molecular weight excluding hydrogens is 829 g/mol. The second kappa shape index (κ2) is 19.2. The van der Waals surface area contributed by atoms with Gasteiger partial charge in [-0.2, -0.15) is 19.3 Å². The zero-order valence-electron chi connectivity index (χ0n) is 32.1. The lowest BCUT2D eigenvalue weighted by molar-refractivity contribution is -0.133. The minimum absolute atomic E-state index is 0. The highest BCUT2D eigenvalue weighted by Gasteiger charge is 2.30. The van der Waals surface area contributed by atoms with Crippen LogP contribution in [0.1, 0.15) is 94.1 Å². The molecule has 4 N–H and O–H groups in total. The van der Waals surface area contributed by atoms with Crippen molar-refractivity contribution >= 4 is 57.8 Å². The topological polar surface area (TPSA) is 235 Å². The van der Waals surface area contributed by atoms with Gasteiger partial charge in [-0.1, -0.05) is 0 Å². The van der Waals surface area contributed by atoms with E-state index in [1.165, 1.54) is 6.07 Å². The third kappa shape index (κ3) is 9.27. The highest BCUT2D eigenvalue weighted by Crippen LogP contribution is 2.37. The number of ketones is 1. The van der Waals surface area contributed by atoms with E-state index in [1.807, 2.05) is 30.6 Å². The van der Waals surface area contributed by atoms with Gasteiger partial charge < -0.3 is 20.4 Å². The van der Waals surface area contributed by atoms with Gasteiger partial charge in [-0.15, -0.1) is 32.8 Å². The van der Waals surface area contributed by atoms with E-state index in [9.17, 15) is 31.5 Å². The summed E-state index contributed by atoms with van der Waals surface area (Å²) in [6.07, 6.45) is 15.3. The second-order valence-corrected chi connectivity index (χ2v) is 14.6. The van der Waals surface area contributed by atoms with Crippen LogP contribution < -0.4 is 10.5 Å². The van der Waals surface area contributed by atoms with Gasteiger partial charge in [-0.3, -0.25) is 18.4 Å². The summed E-state index contributed by atoms with van der Waals surface area (Å²) in [6, 6.07) is 7.60. The number of nitrogens with two attached hydrogens (primary N) is 1. The number of aromatic nitrogens is 10. The maximum absolute atomic E-state index is 12.9. The molecule has 0 spiro atoms. The van der Waals surface area contributed by atoms with E-state index in [0.29, 0.717) is 30.2 Å². The van der Waals surface area contributed by atoms with Gasteiger partial charge in [-0.05, 0) is 69.4 Å². The highest BCUT2D eigenvalue weighted by atomic mass is 35.5. The van der Waals surface area contributed by atoms with Crippen molar-refractivity contribution in [2.75, 3.05) is 0 Å². The SMILES string of the molecule is Cl.N#CCC(=O)CC1CCC(c2nnc3cnc4[nH]ccc4n23)CC1.N#CCC(=O)Oc1c(F)c(F)c(F)c(F)c1F.NC1CCC(c2nnc3cnc4[nH]ccc4n23)CC1. The molecular formula is C39H37ClF5N13O3. The van der Waals surface area contributed by atoms with E-state index in [0.717, 1.165) is 96.6 Å². The monoisotopic (exact) mass is 865 g/mol. The molecule has 22 heteroatoms. The predicted octanol–water partition coefficient (Wildman–Crippen LogP) is 6.97. The maximum atomic E-state index is 12.9. The van der Waals surface area contributed by atoms with Gasteiger partial charge in [0.05, 0.1) is 42.0 Å². The first-order chi connectivity index (χ1) is 29.0. The summed E-state index contributed by atoms with van der Waals surface area (Å²) in [5, 5.41) is 34.0. The minimum atomic E-state index is -2.36. The lowest BCUT2D eigenvalue weighted by Crippen LogP contribution is -2.26. The summed E-state index contributed by atoms with van der Waals surface area (Å²) in [6.45, 7) is 0. The number of esters is 1. The van der Waals surface area contributed by atoms with Crippen molar-refractivity contribution in [3.8, 4) is 17.9 Å². The van der Waals surface area contributed by atoms with Gasteiger partial charge in [0.15, 0.2) is 22.6 Å². The molecule has 0 radical (unpaired) electrons. The molecule has 0 atom stereocenters. The first kappa shape index (κ1) is 44.0. The Morgan fingerprint density at radius 3 is 1.64 bits per heavy atom. The van der Waals surface area contributed by atoms with Crippen LogP contribution in [-0.4, -0.2) is 66.9 Å². The quantitative estimate of drug-likeness (QED) is 0.0485. The molecule has 2 saturated carbocycles. The van der Waals surface area contributed by atoms with Gasteiger partial charge >= 0.3 is 5.97 Å². The van der Waals surface area contributed by atoms with E-state index < -0.39 is 47.2 Å². The number of H-pyrrole nitrogens is 2. The fourth-order valence-corrected chi connectivity index (χ4v) is 7.70. The molecule has 61 heavy (non-hydrogen) atoms. The van der Waals surface area contributed by atoms with Crippen molar-refractivity contribution in [1.29, 1.82) is 10.5 Å². The van der Waals surface area contributed by atoms with Crippen LogP contribution in [0.4, 0.5) is 22.0 Å². The molecule has 0 bridgehead atoms. The molecule has 1 aromatic carbocycles. The van der Waals surface area contributed by atoms with Gasteiger partial charge in [0.25, 0.3) is 0 Å². The maximum Gasteiger partial charge on any atom is 0.325 e. The van der Waals surface area contributed by atoms with Crippen molar-refractivity contribution in [3.05, 3.63) is 77.7 Å². The Labute approximate surface area is 348 Å². The van der Waals surface area contributed by atoms with Crippen LogP contribution in [0, 0.1) is 57.7 Å². The fourth-order valence-electron chi connectivity index (χ4n) is 7.70. The average molecular weight is 866 g/mol. The number of fused-ring (bicyclic) bond motifs is 6. The predicted molar refractivity (Wildman–Crippen MR) is 208 cm³/mol.